The second-order valence-electron chi connectivity index (χ2n) is 11.0. The predicted octanol–water partition coefficient (Wildman–Crippen LogP) is 4.70. The van der Waals surface area contributed by atoms with Gasteiger partial charge in [-0.1, -0.05) is 18.2 Å². The minimum Gasteiger partial charge on any atom is -0.493 e. The summed E-state index contributed by atoms with van der Waals surface area (Å²) in [5, 5.41) is 18.6. The minimum absolute atomic E-state index is 0.00792. The third kappa shape index (κ3) is 10.7. The van der Waals surface area contributed by atoms with E-state index < -0.39 is 56.1 Å². The number of hydrogen-bond donors (Lipinski definition) is 0. The highest BCUT2D eigenvalue weighted by atomic mass is 32.2. The Morgan fingerprint density at radius 2 is 1.67 bits per heavy atom. The summed E-state index contributed by atoms with van der Waals surface area (Å²) in [6, 6.07) is 12.5. The number of ether oxygens (including phenoxy) is 5. The molecule has 2 unspecified atom stereocenters. The van der Waals surface area contributed by atoms with Crippen LogP contribution in [0, 0.1) is 27.2 Å². The molecule has 4 rings (SSSR count). The molecule has 0 fully saturated rings. The monoisotopic (exact) mass is 773 g/mol. The number of anilines is 1. The van der Waals surface area contributed by atoms with E-state index in [0.29, 0.717) is 15.4 Å². The highest BCUT2D eigenvalue weighted by molar-refractivity contribution is 7.92. The summed E-state index contributed by atoms with van der Waals surface area (Å²) in [6.07, 6.45) is 0.284. The van der Waals surface area contributed by atoms with Crippen molar-refractivity contribution in [2.45, 2.75) is 50.5 Å². The van der Waals surface area contributed by atoms with Gasteiger partial charge in [-0.05, 0) is 69.0 Å². The number of rotatable bonds is 20. The molecule has 3 heterocycles. The third-order valence-electron chi connectivity index (χ3n) is 7.18. The van der Waals surface area contributed by atoms with Crippen molar-refractivity contribution >= 4 is 22.0 Å². The Balaban J connectivity index is 1.70. The maximum Gasteiger partial charge on any atom is 0.510 e. The molecule has 0 saturated carbocycles. The molecule has 54 heavy (non-hydrogen) atoms. The zero-order valence-electron chi connectivity index (χ0n) is 29.3. The Labute approximate surface area is 308 Å². The predicted molar refractivity (Wildman–Crippen MR) is 184 cm³/mol. The fourth-order valence-corrected chi connectivity index (χ4v) is 6.12. The average molecular weight is 774 g/mol. The van der Waals surface area contributed by atoms with Crippen molar-refractivity contribution in [1.82, 2.24) is 19.9 Å². The molecule has 21 nitrogen and oxygen atoms in total. The van der Waals surface area contributed by atoms with Crippen LogP contribution in [0.1, 0.15) is 31.7 Å². The third-order valence-corrected chi connectivity index (χ3v) is 8.94. The van der Waals surface area contributed by atoms with Gasteiger partial charge in [0.2, 0.25) is 5.75 Å². The Bertz CT molecular complexity index is 2010. The lowest BCUT2D eigenvalue weighted by Gasteiger charge is -2.30. The van der Waals surface area contributed by atoms with Crippen LogP contribution in [0.2, 0.25) is 0 Å². The molecule has 2 atom stereocenters. The Morgan fingerprint density at radius 1 is 0.944 bits per heavy atom. The Hall–Kier alpha value is -6.58. The number of pyridine rings is 2. The molecule has 0 N–H and O–H groups in total. The van der Waals surface area contributed by atoms with E-state index in [1.165, 1.54) is 51.9 Å². The molecule has 0 aliphatic heterocycles. The standard InChI is InChI=1S/C32H35N7O14S/c1-21-12-13-27(34-19-21)54(45,46)37(22(2)51-32(40)49-18-8-7-9-24(53-39(43)44)20-50-38(41)42)30-28(52-26-11-6-5-10-25(26)47-3)31(48-4)36-29(35-30)23-14-16-33-17-15-23/h5-6,10-17,19,22,24H,7-9,18,20H2,1-4H3. The van der Waals surface area contributed by atoms with Crippen LogP contribution in [-0.4, -0.2) is 84.4 Å². The fourth-order valence-electron chi connectivity index (χ4n) is 4.71. The Morgan fingerprint density at radius 3 is 2.30 bits per heavy atom. The van der Waals surface area contributed by atoms with Crippen molar-refractivity contribution < 1.29 is 56.7 Å². The van der Waals surface area contributed by atoms with Crippen LogP contribution >= 0.6 is 0 Å². The van der Waals surface area contributed by atoms with Gasteiger partial charge < -0.3 is 33.4 Å². The van der Waals surface area contributed by atoms with Crippen LogP contribution in [-0.2, 0) is 29.2 Å². The number of sulfonamides is 1. The van der Waals surface area contributed by atoms with Crippen LogP contribution in [0.25, 0.3) is 11.4 Å². The van der Waals surface area contributed by atoms with Crippen LogP contribution in [0.3, 0.4) is 0 Å². The molecule has 0 aliphatic carbocycles. The van der Waals surface area contributed by atoms with Gasteiger partial charge in [-0.3, -0.25) is 4.98 Å². The number of methoxy groups -OCH3 is 2. The number of aromatic nitrogens is 4. The average Bonchev–Trinajstić information content (AvgIpc) is 3.14. The van der Waals surface area contributed by atoms with Gasteiger partial charge in [0.15, 0.2) is 34.4 Å². The van der Waals surface area contributed by atoms with E-state index in [4.69, 9.17) is 23.7 Å². The molecular weight excluding hydrogens is 738 g/mol. The molecule has 0 aliphatic rings. The van der Waals surface area contributed by atoms with E-state index >= 15 is 0 Å². The maximum absolute atomic E-state index is 14.5. The van der Waals surface area contributed by atoms with Crippen LogP contribution in [0.15, 0.2) is 72.1 Å². The van der Waals surface area contributed by atoms with Crippen LogP contribution in [0.5, 0.6) is 23.1 Å². The number of nitrogens with zero attached hydrogens (tertiary/aromatic N) is 7. The number of unbranched alkanes of at least 4 members (excludes halogenated alkanes) is 1. The highest BCUT2D eigenvalue weighted by Gasteiger charge is 2.39. The number of aryl methyl sites for hydroxylation is 1. The second kappa shape index (κ2) is 18.8. The van der Waals surface area contributed by atoms with E-state index in [2.05, 4.69) is 29.6 Å². The van der Waals surface area contributed by atoms with Gasteiger partial charge in [-0.2, -0.15) is 13.4 Å². The van der Waals surface area contributed by atoms with E-state index in [1.54, 1.807) is 43.3 Å². The molecule has 0 amide bonds. The zero-order valence-corrected chi connectivity index (χ0v) is 30.1. The maximum atomic E-state index is 14.5. The van der Waals surface area contributed by atoms with Gasteiger partial charge in [-0.15, -0.1) is 20.2 Å². The van der Waals surface area contributed by atoms with E-state index in [1.807, 2.05) is 0 Å². The summed E-state index contributed by atoms with van der Waals surface area (Å²) in [5.41, 5.74) is 1.08. The van der Waals surface area contributed by atoms with Gasteiger partial charge in [0.1, 0.15) is 12.7 Å². The van der Waals surface area contributed by atoms with Crippen molar-refractivity contribution in [2.24, 2.45) is 0 Å². The first kappa shape index (κ1) is 40.2. The molecular formula is C32H35N7O14S. The number of carbonyl (C=O) groups excluding carboxylic acids is 1. The first-order chi connectivity index (χ1) is 25.8. The molecule has 22 heteroatoms. The first-order valence-electron chi connectivity index (χ1n) is 15.9. The molecule has 4 aromatic rings. The van der Waals surface area contributed by atoms with Gasteiger partial charge >= 0.3 is 6.16 Å². The smallest absolute Gasteiger partial charge is 0.493 e. The van der Waals surface area contributed by atoms with Crippen LogP contribution in [0.4, 0.5) is 10.6 Å². The fraction of sp³-hybridized carbons (Fsp3) is 0.344. The molecule has 0 spiro atoms. The van der Waals surface area contributed by atoms with Gasteiger partial charge in [0.05, 0.1) is 20.8 Å². The van der Waals surface area contributed by atoms with E-state index in [9.17, 15) is 33.4 Å². The minimum atomic E-state index is -4.74. The van der Waals surface area contributed by atoms with Crippen molar-refractivity contribution in [1.29, 1.82) is 0 Å². The van der Waals surface area contributed by atoms with Gasteiger partial charge in [-0.25, -0.2) is 19.1 Å². The Kier molecular flexibility index (Phi) is 14.0. The molecule has 0 bridgehead atoms. The number of carbonyl (C=O) groups is 1. The molecule has 1 aromatic carbocycles. The molecule has 3 aromatic heterocycles. The number of benzene rings is 1. The summed E-state index contributed by atoms with van der Waals surface area (Å²) in [6.45, 7) is 1.99. The largest absolute Gasteiger partial charge is 0.510 e. The normalized spacial score (nSPS) is 12.1. The molecule has 288 valence electrons. The highest BCUT2D eigenvalue weighted by Crippen LogP contribution is 2.44. The second-order valence-corrected chi connectivity index (χ2v) is 12.7. The molecule has 0 radical (unpaired) electrons. The van der Waals surface area contributed by atoms with E-state index in [-0.39, 0.29) is 54.8 Å². The topological polar surface area (TPSA) is 257 Å². The lowest BCUT2D eigenvalue weighted by molar-refractivity contribution is -0.790. The van der Waals surface area contributed by atoms with Crippen molar-refractivity contribution in [3.8, 4) is 34.5 Å². The summed E-state index contributed by atoms with van der Waals surface area (Å²) in [5.74, 6) is -0.524. The lowest BCUT2D eigenvalue weighted by atomic mass is 10.2. The lowest BCUT2D eigenvalue weighted by Crippen LogP contribution is -2.42. The number of hydrogen-bond acceptors (Lipinski definition) is 18. The number of para-hydroxylation sites is 2. The first-order valence-corrected chi connectivity index (χ1v) is 17.3. The summed E-state index contributed by atoms with van der Waals surface area (Å²) >= 11 is 0. The van der Waals surface area contributed by atoms with Gasteiger partial charge in [0.25, 0.3) is 26.1 Å². The van der Waals surface area contributed by atoms with Crippen molar-refractivity contribution in [2.75, 3.05) is 31.7 Å². The quantitative estimate of drug-likeness (QED) is 0.0387. The zero-order chi connectivity index (χ0) is 39.3. The SMILES string of the molecule is COc1ccccc1Oc1c(OC)nc(-c2ccncc2)nc1N(C(C)OC(=O)OCCCCC(CO[N+](=O)[O-])O[N+](=O)[O-])S(=O)(=O)c1ccc(C)cn1. The summed E-state index contributed by atoms with van der Waals surface area (Å²) in [7, 11) is -2.04. The molecule has 0 saturated heterocycles. The van der Waals surface area contributed by atoms with E-state index in [0.717, 1.165) is 0 Å². The van der Waals surface area contributed by atoms with Crippen molar-refractivity contribution in [3.63, 3.8) is 0 Å². The summed E-state index contributed by atoms with van der Waals surface area (Å²) < 4.78 is 57.5. The van der Waals surface area contributed by atoms with Gasteiger partial charge in [0, 0.05) is 24.2 Å². The summed E-state index contributed by atoms with van der Waals surface area (Å²) in [4.78, 5) is 59.9. The van der Waals surface area contributed by atoms with Crippen molar-refractivity contribution in [3.05, 3.63) is 92.9 Å². The van der Waals surface area contributed by atoms with Crippen LogP contribution < -0.4 is 18.5 Å².